The highest BCUT2D eigenvalue weighted by Gasteiger charge is 2.15. The van der Waals surface area contributed by atoms with Gasteiger partial charge < -0.3 is 10.9 Å². The number of aliphatic carboxylic acids is 1. The van der Waals surface area contributed by atoms with Crippen LogP contribution in [0.25, 0.3) is 22.6 Å². The highest BCUT2D eigenvalue weighted by Crippen LogP contribution is 2.21. The number of hydrogen-bond donors (Lipinski definition) is 2. The second-order valence-corrected chi connectivity index (χ2v) is 5.05. The number of thioether (sulfide) groups is 1. The monoisotopic (exact) mass is 302 g/mol. The summed E-state index contributed by atoms with van der Waals surface area (Å²) in [5, 5.41) is 16.8. The topological polar surface area (TPSA) is 120 Å². The summed E-state index contributed by atoms with van der Waals surface area (Å²) in [4.78, 5) is 19.3. The lowest BCUT2D eigenvalue weighted by Gasteiger charge is -2.03. The molecule has 0 aliphatic carbocycles. The van der Waals surface area contributed by atoms with E-state index in [2.05, 4.69) is 20.2 Å². The fourth-order valence-corrected chi connectivity index (χ4v) is 2.32. The second kappa shape index (κ2) is 5.37. The van der Waals surface area contributed by atoms with Gasteiger partial charge in [-0.3, -0.25) is 9.78 Å². The second-order valence-electron chi connectivity index (χ2n) is 4.10. The lowest BCUT2D eigenvalue weighted by Crippen LogP contribution is -2.13. The third kappa shape index (κ3) is 2.63. The summed E-state index contributed by atoms with van der Waals surface area (Å²) in [5.41, 5.74) is 1.97. The van der Waals surface area contributed by atoms with E-state index in [1.165, 1.54) is 4.68 Å². The van der Waals surface area contributed by atoms with Crippen LogP contribution in [0.15, 0.2) is 35.6 Å². The molecule has 2 heterocycles. The van der Waals surface area contributed by atoms with Crippen LogP contribution in [-0.4, -0.2) is 41.7 Å². The van der Waals surface area contributed by atoms with Crippen LogP contribution in [0.2, 0.25) is 0 Å². The number of hydrogen-bond acceptors (Lipinski definition) is 7. The minimum Gasteiger partial charge on any atom is -0.481 e. The van der Waals surface area contributed by atoms with Crippen LogP contribution in [0.4, 0.5) is 0 Å². The van der Waals surface area contributed by atoms with E-state index in [-0.39, 0.29) is 5.75 Å². The first-order chi connectivity index (χ1) is 10.1. The van der Waals surface area contributed by atoms with E-state index in [1.807, 2.05) is 24.3 Å². The summed E-state index contributed by atoms with van der Waals surface area (Å²) < 4.78 is 1.21. The standard InChI is InChI=1S/C12H10N6O2S/c13-18-11(16-17-12(18)21-6-10(19)20)9-5-14-7-3-1-2-4-8(7)15-9/h1-5H,6,13H2,(H,19,20). The number of benzene rings is 1. The van der Waals surface area contributed by atoms with Gasteiger partial charge in [0.05, 0.1) is 23.0 Å². The Balaban J connectivity index is 1.97. The number of para-hydroxylation sites is 2. The van der Waals surface area contributed by atoms with E-state index in [1.54, 1.807) is 6.20 Å². The summed E-state index contributed by atoms with van der Waals surface area (Å²) in [5.74, 6) is 5.12. The quantitative estimate of drug-likeness (QED) is 0.536. The average Bonchev–Trinajstić information content (AvgIpc) is 2.85. The lowest BCUT2D eigenvalue weighted by atomic mass is 10.3. The van der Waals surface area contributed by atoms with Gasteiger partial charge in [0.15, 0.2) is 0 Å². The van der Waals surface area contributed by atoms with Gasteiger partial charge in [-0.25, -0.2) is 9.66 Å². The molecule has 0 bridgehead atoms. The fraction of sp³-hybridized carbons (Fsp3) is 0.0833. The minimum absolute atomic E-state index is 0.140. The average molecular weight is 302 g/mol. The molecule has 3 N–H and O–H groups in total. The number of nitrogens with two attached hydrogens (primary N) is 1. The molecule has 0 fully saturated rings. The van der Waals surface area contributed by atoms with Gasteiger partial charge in [-0.15, -0.1) is 10.2 Å². The molecule has 3 rings (SSSR count). The van der Waals surface area contributed by atoms with Gasteiger partial charge in [0.25, 0.3) is 0 Å². The van der Waals surface area contributed by atoms with Crippen molar-refractivity contribution in [3.05, 3.63) is 30.5 Å². The summed E-state index contributed by atoms with van der Waals surface area (Å²) in [6.45, 7) is 0. The van der Waals surface area contributed by atoms with Gasteiger partial charge >= 0.3 is 5.97 Å². The van der Waals surface area contributed by atoms with Crippen molar-refractivity contribution in [2.45, 2.75) is 5.16 Å². The van der Waals surface area contributed by atoms with Gasteiger partial charge in [0, 0.05) is 0 Å². The molecule has 0 radical (unpaired) electrons. The third-order valence-electron chi connectivity index (χ3n) is 2.67. The molecule has 1 aromatic carbocycles. The largest absolute Gasteiger partial charge is 0.481 e. The maximum Gasteiger partial charge on any atom is 0.313 e. The first-order valence-corrected chi connectivity index (χ1v) is 6.91. The number of carboxylic acids is 1. The Kier molecular flexibility index (Phi) is 3.40. The zero-order chi connectivity index (χ0) is 14.8. The molecule has 0 aliphatic rings. The van der Waals surface area contributed by atoms with Crippen LogP contribution in [0, 0.1) is 0 Å². The van der Waals surface area contributed by atoms with Crippen LogP contribution in [-0.2, 0) is 4.79 Å². The third-order valence-corrected chi connectivity index (χ3v) is 3.59. The Bertz CT molecular complexity index is 818. The van der Waals surface area contributed by atoms with Crippen LogP contribution < -0.4 is 5.84 Å². The molecule has 0 saturated carbocycles. The Morgan fingerprint density at radius 1 is 1.29 bits per heavy atom. The fourth-order valence-electron chi connectivity index (χ4n) is 1.74. The predicted molar refractivity (Wildman–Crippen MR) is 77.1 cm³/mol. The van der Waals surface area contributed by atoms with Crippen LogP contribution >= 0.6 is 11.8 Å². The van der Waals surface area contributed by atoms with Crippen molar-refractivity contribution in [1.82, 2.24) is 24.8 Å². The number of carboxylic acid groups (broad SMARTS) is 1. The molecular weight excluding hydrogens is 292 g/mol. The molecule has 3 aromatic rings. The molecule has 106 valence electrons. The van der Waals surface area contributed by atoms with Crippen LogP contribution in [0.1, 0.15) is 0 Å². The van der Waals surface area contributed by atoms with E-state index in [9.17, 15) is 4.79 Å². The van der Waals surface area contributed by atoms with Gasteiger partial charge in [-0.2, -0.15) is 0 Å². The zero-order valence-electron chi connectivity index (χ0n) is 10.7. The lowest BCUT2D eigenvalue weighted by molar-refractivity contribution is -0.133. The number of aromatic nitrogens is 5. The van der Waals surface area contributed by atoms with Crippen LogP contribution in [0.5, 0.6) is 0 Å². The van der Waals surface area contributed by atoms with E-state index in [0.717, 1.165) is 22.8 Å². The Morgan fingerprint density at radius 2 is 2.05 bits per heavy atom. The number of nitrogen functional groups attached to an aromatic ring is 1. The van der Waals surface area contributed by atoms with Crippen molar-refractivity contribution in [1.29, 1.82) is 0 Å². The maximum absolute atomic E-state index is 10.6. The minimum atomic E-state index is -0.949. The van der Waals surface area contributed by atoms with Crippen LogP contribution in [0.3, 0.4) is 0 Å². The molecule has 2 aromatic heterocycles. The first kappa shape index (κ1) is 13.3. The Hall–Kier alpha value is -2.68. The number of carbonyl (C=O) groups is 1. The molecule has 0 amide bonds. The number of fused-ring (bicyclic) bond motifs is 1. The number of nitrogens with zero attached hydrogens (tertiary/aromatic N) is 5. The van der Waals surface area contributed by atoms with Crippen molar-refractivity contribution < 1.29 is 9.90 Å². The Labute approximate surface area is 123 Å². The van der Waals surface area contributed by atoms with Crippen molar-refractivity contribution in [3.8, 4) is 11.5 Å². The van der Waals surface area contributed by atoms with Crippen molar-refractivity contribution in [2.75, 3.05) is 11.6 Å². The first-order valence-electron chi connectivity index (χ1n) is 5.92. The molecule has 9 heteroatoms. The van der Waals surface area contributed by atoms with Crippen molar-refractivity contribution in [3.63, 3.8) is 0 Å². The molecule has 0 aliphatic heterocycles. The molecule has 0 saturated heterocycles. The normalized spacial score (nSPS) is 10.9. The van der Waals surface area contributed by atoms with Gasteiger partial charge in [-0.1, -0.05) is 23.9 Å². The van der Waals surface area contributed by atoms with E-state index >= 15 is 0 Å². The zero-order valence-corrected chi connectivity index (χ0v) is 11.5. The molecule has 0 atom stereocenters. The van der Waals surface area contributed by atoms with E-state index in [0.29, 0.717) is 16.7 Å². The highest BCUT2D eigenvalue weighted by atomic mass is 32.2. The van der Waals surface area contributed by atoms with Gasteiger partial charge in [0.2, 0.25) is 11.0 Å². The smallest absolute Gasteiger partial charge is 0.313 e. The van der Waals surface area contributed by atoms with E-state index < -0.39 is 5.97 Å². The predicted octanol–water partition coefficient (Wildman–Crippen LogP) is 0.779. The molecule has 8 nitrogen and oxygen atoms in total. The maximum atomic E-state index is 10.6. The van der Waals surface area contributed by atoms with Crippen molar-refractivity contribution >= 4 is 28.8 Å². The summed E-state index contributed by atoms with van der Waals surface area (Å²) >= 11 is 0.991. The highest BCUT2D eigenvalue weighted by molar-refractivity contribution is 7.99. The summed E-state index contributed by atoms with van der Waals surface area (Å²) in [6.07, 6.45) is 1.56. The molecule has 0 unspecified atom stereocenters. The molecular formula is C12H10N6O2S. The molecule has 0 spiro atoms. The van der Waals surface area contributed by atoms with E-state index in [4.69, 9.17) is 10.9 Å². The van der Waals surface area contributed by atoms with Gasteiger partial charge in [-0.05, 0) is 12.1 Å². The van der Waals surface area contributed by atoms with Crippen molar-refractivity contribution in [2.24, 2.45) is 0 Å². The Morgan fingerprint density at radius 3 is 2.81 bits per heavy atom. The summed E-state index contributed by atoms with van der Waals surface area (Å²) in [6, 6.07) is 7.43. The SMILES string of the molecule is Nn1c(SCC(=O)O)nnc1-c1cnc2ccccc2n1. The van der Waals surface area contributed by atoms with Gasteiger partial charge in [0.1, 0.15) is 5.69 Å². The summed E-state index contributed by atoms with van der Waals surface area (Å²) in [7, 11) is 0. The molecule has 21 heavy (non-hydrogen) atoms. The number of rotatable bonds is 4.